The number of aromatic nitrogens is 2. The first-order valence-electron chi connectivity index (χ1n) is 8.40. The molecule has 2 aromatic heterocycles. The summed E-state index contributed by atoms with van der Waals surface area (Å²) in [6, 6.07) is 3.98. The van der Waals surface area contributed by atoms with Crippen LogP contribution < -0.4 is 10.6 Å². The average molecular weight is 394 g/mol. The third-order valence-electron chi connectivity index (χ3n) is 3.93. The number of ether oxygens (including phenoxy) is 1. The van der Waals surface area contributed by atoms with Crippen LogP contribution in [0.1, 0.15) is 25.0 Å². The Bertz CT molecular complexity index is 695. The smallest absolute Gasteiger partial charge is 0.191 e. The van der Waals surface area contributed by atoms with Gasteiger partial charge in [0.1, 0.15) is 5.65 Å². The Kier molecular flexibility index (Phi) is 6.09. The fourth-order valence-corrected chi connectivity index (χ4v) is 2.77. The molecular formula is C17H24BrN5O. The molecule has 2 aromatic rings. The van der Waals surface area contributed by atoms with Crippen molar-refractivity contribution in [3.63, 3.8) is 0 Å². The summed E-state index contributed by atoms with van der Waals surface area (Å²) in [4.78, 5) is 8.82. The van der Waals surface area contributed by atoms with E-state index in [1.165, 1.54) is 12.8 Å². The lowest BCUT2D eigenvalue weighted by atomic mass is 10.4. The van der Waals surface area contributed by atoms with Gasteiger partial charge in [0, 0.05) is 43.7 Å². The lowest BCUT2D eigenvalue weighted by molar-refractivity contribution is 0.123. The van der Waals surface area contributed by atoms with E-state index in [4.69, 9.17) is 4.74 Å². The van der Waals surface area contributed by atoms with Gasteiger partial charge in [0.05, 0.1) is 12.2 Å². The molecule has 7 heteroatoms. The van der Waals surface area contributed by atoms with Crippen LogP contribution in [-0.4, -0.2) is 42.2 Å². The summed E-state index contributed by atoms with van der Waals surface area (Å²) in [6.07, 6.45) is 7.69. The second kappa shape index (κ2) is 8.48. The highest BCUT2D eigenvalue weighted by Crippen LogP contribution is 2.28. The van der Waals surface area contributed by atoms with E-state index in [1.54, 1.807) is 7.05 Å². The van der Waals surface area contributed by atoms with E-state index in [2.05, 4.69) is 36.5 Å². The predicted octanol–water partition coefficient (Wildman–Crippen LogP) is 2.58. The molecule has 0 spiro atoms. The predicted molar refractivity (Wildman–Crippen MR) is 99.3 cm³/mol. The van der Waals surface area contributed by atoms with Gasteiger partial charge in [0.2, 0.25) is 0 Å². The largest absolute Gasteiger partial charge is 0.381 e. The molecule has 2 N–H and O–H groups in total. The van der Waals surface area contributed by atoms with Gasteiger partial charge in [0.15, 0.2) is 5.96 Å². The number of hydrogen-bond donors (Lipinski definition) is 2. The van der Waals surface area contributed by atoms with E-state index < -0.39 is 0 Å². The molecule has 0 radical (unpaired) electrons. The summed E-state index contributed by atoms with van der Waals surface area (Å²) in [5, 5.41) is 6.59. The van der Waals surface area contributed by atoms with Crippen LogP contribution in [0.4, 0.5) is 0 Å². The van der Waals surface area contributed by atoms with Gasteiger partial charge in [-0.25, -0.2) is 4.98 Å². The Hall–Kier alpha value is -1.60. The second-order valence-corrected chi connectivity index (χ2v) is 6.99. The highest BCUT2D eigenvalue weighted by Gasteiger charge is 2.20. The van der Waals surface area contributed by atoms with Crippen LogP contribution in [0, 0.1) is 5.92 Å². The number of halogens is 1. The molecule has 1 fully saturated rings. The van der Waals surface area contributed by atoms with Crippen LogP contribution in [0.2, 0.25) is 0 Å². The normalized spacial score (nSPS) is 15.0. The van der Waals surface area contributed by atoms with Crippen molar-refractivity contribution in [2.75, 3.05) is 26.8 Å². The first kappa shape index (κ1) is 17.2. The zero-order valence-corrected chi connectivity index (χ0v) is 15.6. The average Bonchev–Trinajstić information content (AvgIpc) is 3.31. The Morgan fingerprint density at radius 3 is 3.04 bits per heavy atom. The zero-order valence-electron chi connectivity index (χ0n) is 14.0. The van der Waals surface area contributed by atoms with Crippen molar-refractivity contribution >= 4 is 27.5 Å². The van der Waals surface area contributed by atoms with Gasteiger partial charge >= 0.3 is 0 Å². The van der Waals surface area contributed by atoms with Gasteiger partial charge < -0.3 is 19.8 Å². The molecule has 1 saturated carbocycles. The fraction of sp³-hybridized carbons (Fsp3) is 0.529. The van der Waals surface area contributed by atoms with E-state index in [0.717, 1.165) is 53.9 Å². The number of imidazole rings is 1. The zero-order chi connectivity index (χ0) is 16.8. The Labute approximate surface area is 150 Å². The van der Waals surface area contributed by atoms with Crippen molar-refractivity contribution in [3.05, 3.63) is 34.7 Å². The highest BCUT2D eigenvalue weighted by molar-refractivity contribution is 9.10. The minimum absolute atomic E-state index is 0.636. The molecule has 2 heterocycles. The minimum atomic E-state index is 0.636. The van der Waals surface area contributed by atoms with E-state index in [-0.39, 0.29) is 0 Å². The van der Waals surface area contributed by atoms with Crippen LogP contribution in [0.3, 0.4) is 0 Å². The van der Waals surface area contributed by atoms with E-state index in [9.17, 15) is 0 Å². The number of pyridine rings is 1. The second-order valence-electron chi connectivity index (χ2n) is 6.07. The monoisotopic (exact) mass is 393 g/mol. The maximum absolute atomic E-state index is 5.63. The number of hydrogen-bond acceptors (Lipinski definition) is 3. The van der Waals surface area contributed by atoms with E-state index in [0.29, 0.717) is 6.54 Å². The summed E-state index contributed by atoms with van der Waals surface area (Å²) >= 11 is 3.47. The van der Waals surface area contributed by atoms with Crippen LogP contribution in [0.5, 0.6) is 0 Å². The SMILES string of the molecule is CN=C(NCCCOCC1CC1)NCc1cn2cc(Br)ccc2n1. The van der Waals surface area contributed by atoms with Crippen molar-refractivity contribution in [2.24, 2.45) is 10.9 Å². The third-order valence-corrected chi connectivity index (χ3v) is 4.40. The quantitative estimate of drug-likeness (QED) is 0.411. The van der Waals surface area contributed by atoms with Crippen LogP contribution in [0.15, 0.2) is 34.0 Å². The minimum Gasteiger partial charge on any atom is -0.381 e. The van der Waals surface area contributed by atoms with Crippen molar-refractivity contribution in [2.45, 2.75) is 25.8 Å². The van der Waals surface area contributed by atoms with E-state index >= 15 is 0 Å². The molecule has 1 aliphatic carbocycles. The highest BCUT2D eigenvalue weighted by atomic mass is 79.9. The number of aliphatic imine (C=N–C) groups is 1. The molecule has 130 valence electrons. The Balaban J connectivity index is 1.38. The fourth-order valence-electron chi connectivity index (χ4n) is 2.41. The summed E-state index contributed by atoms with van der Waals surface area (Å²) in [6.45, 7) is 3.22. The van der Waals surface area contributed by atoms with Gasteiger partial charge in [-0.05, 0) is 53.2 Å². The molecular weight excluding hydrogens is 370 g/mol. The van der Waals surface area contributed by atoms with Gasteiger partial charge in [-0.2, -0.15) is 0 Å². The van der Waals surface area contributed by atoms with E-state index in [1.807, 2.05) is 28.9 Å². The molecule has 0 atom stereocenters. The first-order valence-corrected chi connectivity index (χ1v) is 9.19. The third kappa shape index (κ3) is 5.21. The van der Waals surface area contributed by atoms with Crippen molar-refractivity contribution in [1.29, 1.82) is 0 Å². The molecule has 0 unspecified atom stereocenters. The number of nitrogens with one attached hydrogen (secondary N) is 2. The van der Waals surface area contributed by atoms with Gasteiger partial charge in [-0.15, -0.1) is 0 Å². The molecule has 3 rings (SSSR count). The molecule has 0 aliphatic heterocycles. The maximum atomic E-state index is 5.63. The topological polar surface area (TPSA) is 63.0 Å². The van der Waals surface area contributed by atoms with Gasteiger partial charge in [0.25, 0.3) is 0 Å². The number of nitrogens with zero attached hydrogens (tertiary/aromatic N) is 3. The molecule has 0 bridgehead atoms. The first-order chi connectivity index (χ1) is 11.7. The Morgan fingerprint density at radius 2 is 2.25 bits per heavy atom. The van der Waals surface area contributed by atoms with Crippen molar-refractivity contribution in [3.8, 4) is 0 Å². The molecule has 24 heavy (non-hydrogen) atoms. The number of guanidine groups is 1. The summed E-state index contributed by atoms with van der Waals surface area (Å²) < 4.78 is 8.67. The standard InChI is InChI=1S/C17H24BrN5O/c1-19-17(20-7-2-8-24-12-13-3-4-13)21-9-15-11-23-10-14(18)5-6-16(23)22-15/h5-6,10-11,13H,2-4,7-9,12H2,1H3,(H2,19,20,21). The summed E-state index contributed by atoms with van der Waals surface area (Å²) in [7, 11) is 1.78. The van der Waals surface area contributed by atoms with Crippen LogP contribution in [-0.2, 0) is 11.3 Å². The lowest BCUT2D eigenvalue weighted by Gasteiger charge is -2.11. The molecule has 0 saturated heterocycles. The van der Waals surface area contributed by atoms with Crippen molar-refractivity contribution in [1.82, 2.24) is 20.0 Å². The molecule has 0 amide bonds. The summed E-state index contributed by atoms with van der Waals surface area (Å²) in [5.74, 6) is 1.62. The van der Waals surface area contributed by atoms with Gasteiger partial charge in [-0.1, -0.05) is 0 Å². The van der Waals surface area contributed by atoms with Gasteiger partial charge in [-0.3, -0.25) is 4.99 Å². The van der Waals surface area contributed by atoms with Crippen LogP contribution in [0.25, 0.3) is 5.65 Å². The van der Waals surface area contributed by atoms with Crippen LogP contribution >= 0.6 is 15.9 Å². The number of fused-ring (bicyclic) bond motifs is 1. The van der Waals surface area contributed by atoms with Crippen molar-refractivity contribution < 1.29 is 4.74 Å². The molecule has 6 nitrogen and oxygen atoms in total. The lowest BCUT2D eigenvalue weighted by Crippen LogP contribution is -2.37. The maximum Gasteiger partial charge on any atom is 0.191 e. The number of rotatable bonds is 8. The molecule has 1 aliphatic rings. The summed E-state index contributed by atoms with van der Waals surface area (Å²) in [5.41, 5.74) is 1.91. The molecule has 0 aromatic carbocycles. The Morgan fingerprint density at radius 1 is 1.38 bits per heavy atom.